The van der Waals surface area contributed by atoms with Crippen molar-refractivity contribution in [1.29, 1.82) is 0 Å². The molecule has 2 atom stereocenters. The number of esters is 1. The van der Waals surface area contributed by atoms with Gasteiger partial charge in [0.25, 0.3) is 0 Å². The average Bonchev–Trinajstić information content (AvgIpc) is 2.59. The van der Waals surface area contributed by atoms with Gasteiger partial charge >= 0.3 is 12.0 Å². The van der Waals surface area contributed by atoms with Gasteiger partial charge in [-0.2, -0.15) is 0 Å². The molecule has 2 aromatic rings. The van der Waals surface area contributed by atoms with E-state index in [4.69, 9.17) is 9.47 Å². The number of carbonyl (C=O) groups excluding carboxylic acids is 2. The van der Waals surface area contributed by atoms with Crippen LogP contribution in [0, 0.1) is 5.82 Å². The molecule has 2 heterocycles. The van der Waals surface area contributed by atoms with Crippen molar-refractivity contribution in [2.75, 3.05) is 0 Å². The Bertz CT molecular complexity index is 973. The van der Waals surface area contributed by atoms with Gasteiger partial charge in [0.05, 0.1) is 0 Å². The highest BCUT2D eigenvalue weighted by Gasteiger charge is 2.49. The molecule has 4 rings (SSSR count). The molecule has 7 heteroatoms. The molecule has 29 heavy (non-hydrogen) atoms. The van der Waals surface area contributed by atoms with Crippen LogP contribution in [0.3, 0.4) is 0 Å². The fraction of sp³-hybridized carbons (Fsp3) is 0.364. The lowest BCUT2D eigenvalue weighted by Gasteiger charge is -2.49. The number of rotatable bonds is 2. The summed E-state index contributed by atoms with van der Waals surface area (Å²) in [6.07, 6.45) is 1.02. The van der Waals surface area contributed by atoms with E-state index in [0.29, 0.717) is 24.3 Å². The fourth-order valence-corrected chi connectivity index (χ4v) is 4.34. The van der Waals surface area contributed by atoms with E-state index < -0.39 is 17.2 Å². The van der Waals surface area contributed by atoms with Gasteiger partial charge in [-0.3, -0.25) is 4.79 Å². The van der Waals surface area contributed by atoms with E-state index in [0.717, 1.165) is 11.1 Å². The van der Waals surface area contributed by atoms with Gasteiger partial charge in [-0.25, -0.2) is 9.18 Å². The van der Waals surface area contributed by atoms with Crippen molar-refractivity contribution in [2.45, 2.75) is 50.8 Å². The van der Waals surface area contributed by atoms with Crippen LogP contribution in [0.4, 0.5) is 9.18 Å². The second kappa shape index (κ2) is 6.76. The maximum Gasteiger partial charge on any atom is 0.318 e. The second-order valence-corrected chi connectivity index (χ2v) is 8.34. The first-order valence-electron chi connectivity index (χ1n) is 9.52. The summed E-state index contributed by atoms with van der Waals surface area (Å²) in [5.41, 5.74) is 0.401. The number of hydrogen-bond acceptors (Lipinski definition) is 4. The lowest BCUT2D eigenvalue weighted by Crippen LogP contribution is -2.69. The molecule has 0 bridgehead atoms. The van der Waals surface area contributed by atoms with E-state index in [1.807, 2.05) is 19.9 Å². The number of nitrogens with one attached hydrogen (secondary N) is 2. The fourth-order valence-electron chi connectivity index (χ4n) is 4.34. The third-order valence-electron chi connectivity index (χ3n) is 5.25. The molecule has 0 saturated carbocycles. The van der Waals surface area contributed by atoms with Crippen molar-refractivity contribution in [3.63, 3.8) is 0 Å². The SMILES string of the molecule is CC(=O)Oc1ccc2c(c1)O[C@]1(C[C@@H]2c2ccc(F)cc2)CC(C)(C)NC(=O)N1. The van der Waals surface area contributed by atoms with Crippen LogP contribution in [-0.4, -0.2) is 23.3 Å². The molecule has 1 saturated heterocycles. The summed E-state index contributed by atoms with van der Waals surface area (Å²) < 4.78 is 25.0. The molecule has 2 amide bonds. The van der Waals surface area contributed by atoms with Gasteiger partial charge in [0.15, 0.2) is 5.72 Å². The van der Waals surface area contributed by atoms with Gasteiger partial charge in [-0.05, 0) is 37.6 Å². The third kappa shape index (κ3) is 3.90. The molecule has 0 aromatic heterocycles. The first kappa shape index (κ1) is 19.2. The lowest BCUT2D eigenvalue weighted by atomic mass is 9.77. The summed E-state index contributed by atoms with van der Waals surface area (Å²) >= 11 is 0. The van der Waals surface area contributed by atoms with Gasteiger partial charge < -0.3 is 20.1 Å². The number of urea groups is 1. The summed E-state index contributed by atoms with van der Waals surface area (Å²) in [5.74, 6) is 0.0343. The molecule has 1 fully saturated rings. The van der Waals surface area contributed by atoms with Gasteiger partial charge in [0.2, 0.25) is 0 Å². The average molecular weight is 398 g/mol. The van der Waals surface area contributed by atoms with Crippen LogP contribution in [0.2, 0.25) is 0 Å². The summed E-state index contributed by atoms with van der Waals surface area (Å²) in [6.45, 7) is 5.21. The Morgan fingerprint density at radius 3 is 2.55 bits per heavy atom. The molecule has 0 unspecified atom stereocenters. The quantitative estimate of drug-likeness (QED) is 0.595. The number of halogens is 1. The maximum absolute atomic E-state index is 13.5. The molecule has 0 aliphatic carbocycles. The first-order chi connectivity index (χ1) is 13.6. The van der Waals surface area contributed by atoms with Crippen molar-refractivity contribution in [2.24, 2.45) is 0 Å². The highest BCUT2D eigenvalue weighted by molar-refractivity contribution is 5.77. The standard InChI is InChI=1S/C22H23FN2O4/c1-13(26)28-16-8-9-17-18(14-4-6-15(23)7-5-14)11-22(29-19(17)10-16)12-21(2,3)24-20(27)25-22/h4-10,18H,11-12H2,1-3H3,(H2,24,25,27)/t18-,22-/m1/s1. The zero-order valence-corrected chi connectivity index (χ0v) is 16.5. The van der Waals surface area contributed by atoms with Crippen molar-refractivity contribution in [3.8, 4) is 11.5 Å². The summed E-state index contributed by atoms with van der Waals surface area (Å²) in [4.78, 5) is 23.7. The molecular weight excluding hydrogens is 375 g/mol. The molecule has 2 aromatic carbocycles. The van der Waals surface area contributed by atoms with Crippen molar-refractivity contribution in [3.05, 3.63) is 59.4 Å². The monoisotopic (exact) mass is 398 g/mol. The van der Waals surface area contributed by atoms with E-state index in [1.54, 1.807) is 24.3 Å². The highest BCUT2D eigenvalue weighted by Crippen LogP contribution is 2.47. The largest absolute Gasteiger partial charge is 0.467 e. The van der Waals surface area contributed by atoms with Gasteiger partial charge in [-0.1, -0.05) is 18.2 Å². The topological polar surface area (TPSA) is 76.7 Å². The normalized spacial score (nSPS) is 24.7. The Balaban J connectivity index is 1.80. The number of hydrogen-bond donors (Lipinski definition) is 2. The maximum atomic E-state index is 13.5. The second-order valence-electron chi connectivity index (χ2n) is 8.34. The molecule has 152 valence electrons. The zero-order valence-electron chi connectivity index (χ0n) is 16.5. The molecular formula is C22H23FN2O4. The summed E-state index contributed by atoms with van der Waals surface area (Å²) in [5, 5.41) is 5.85. The van der Waals surface area contributed by atoms with E-state index in [2.05, 4.69) is 10.6 Å². The van der Waals surface area contributed by atoms with Gasteiger partial charge in [-0.15, -0.1) is 0 Å². The zero-order chi connectivity index (χ0) is 20.8. The van der Waals surface area contributed by atoms with Crippen LogP contribution in [0.25, 0.3) is 0 Å². The Hall–Kier alpha value is -3.09. The number of carbonyl (C=O) groups is 2. The molecule has 6 nitrogen and oxygen atoms in total. The molecule has 2 N–H and O–H groups in total. The molecule has 1 spiro atoms. The first-order valence-corrected chi connectivity index (χ1v) is 9.52. The van der Waals surface area contributed by atoms with Gasteiger partial charge in [0.1, 0.15) is 17.3 Å². The van der Waals surface area contributed by atoms with E-state index in [1.165, 1.54) is 19.1 Å². The number of benzene rings is 2. The smallest absolute Gasteiger partial charge is 0.318 e. The predicted octanol–water partition coefficient (Wildman–Crippen LogP) is 3.84. The van der Waals surface area contributed by atoms with Crippen molar-refractivity contribution >= 4 is 12.0 Å². The van der Waals surface area contributed by atoms with Gasteiger partial charge in [0, 0.05) is 42.9 Å². The van der Waals surface area contributed by atoms with Crippen LogP contribution in [0.15, 0.2) is 42.5 Å². The predicted molar refractivity (Wildman–Crippen MR) is 104 cm³/mol. The minimum atomic E-state index is -0.938. The van der Waals surface area contributed by atoms with Crippen LogP contribution >= 0.6 is 0 Å². The number of ether oxygens (including phenoxy) is 2. The Kier molecular flexibility index (Phi) is 4.48. The Labute approximate surface area is 168 Å². The summed E-state index contributed by atoms with van der Waals surface area (Å²) in [6, 6.07) is 11.3. The molecule has 0 radical (unpaired) electrons. The van der Waals surface area contributed by atoms with Crippen molar-refractivity contribution < 1.29 is 23.5 Å². The lowest BCUT2D eigenvalue weighted by molar-refractivity contribution is -0.131. The Morgan fingerprint density at radius 2 is 1.90 bits per heavy atom. The molecule has 2 aliphatic heterocycles. The van der Waals surface area contributed by atoms with Crippen LogP contribution in [-0.2, 0) is 4.79 Å². The number of fused-ring (bicyclic) bond motifs is 1. The third-order valence-corrected chi connectivity index (χ3v) is 5.25. The van der Waals surface area contributed by atoms with Crippen molar-refractivity contribution in [1.82, 2.24) is 10.6 Å². The van der Waals surface area contributed by atoms with Crippen LogP contribution in [0.1, 0.15) is 50.7 Å². The van der Waals surface area contributed by atoms with E-state index in [-0.39, 0.29) is 17.8 Å². The Morgan fingerprint density at radius 1 is 1.17 bits per heavy atom. The number of amides is 2. The van der Waals surface area contributed by atoms with E-state index in [9.17, 15) is 14.0 Å². The summed E-state index contributed by atoms with van der Waals surface area (Å²) in [7, 11) is 0. The van der Waals surface area contributed by atoms with Crippen LogP contribution < -0.4 is 20.1 Å². The minimum absolute atomic E-state index is 0.125. The van der Waals surface area contributed by atoms with E-state index >= 15 is 0 Å². The molecule has 2 aliphatic rings. The minimum Gasteiger partial charge on any atom is -0.467 e. The van der Waals surface area contributed by atoms with Crippen LogP contribution in [0.5, 0.6) is 11.5 Å². The highest BCUT2D eigenvalue weighted by atomic mass is 19.1.